The minimum atomic E-state index is 0.0626. The fourth-order valence-electron chi connectivity index (χ4n) is 3.67. The molecule has 0 bridgehead atoms. The first kappa shape index (κ1) is 18.1. The van der Waals surface area contributed by atoms with Crippen molar-refractivity contribution in [1.29, 1.82) is 0 Å². The summed E-state index contributed by atoms with van der Waals surface area (Å²) in [6.07, 6.45) is 2.23. The molecule has 3 aromatic rings. The van der Waals surface area contributed by atoms with Gasteiger partial charge in [0.2, 0.25) is 5.91 Å². The molecule has 2 aromatic carbocycles. The van der Waals surface area contributed by atoms with Gasteiger partial charge in [0.05, 0.1) is 21.1 Å². The molecule has 1 saturated heterocycles. The summed E-state index contributed by atoms with van der Waals surface area (Å²) in [5.74, 6) is 1.14. The van der Waals surface area contributed by atoms with Crippen LogP contribution in [0.4, 0.5) is 0 Å². The minimum absolute atomic E-state index is 0.0626. The van der Waals surface area contributed by atoms with Crippen molar-refractivity contribution >= 4 is 40.1 Å². The number of fused-ring (bicyclic) bond motifs is 1. The van der Waals surface area contributed by atoms with Gasteiger partial charge in [0.25, 0.3) is 0 Å². The number of hydrogen-bond acceptors (Lipinski definition) is 2. The maximum Gasteiger partial charge on any atom is 0.223 e. The van der Waals surface area contributed by atoms with Crippen molar-refractivity contribution < 1.29 is 4.79 Å². The summed E-state index contributed by atoms with van der Waals surface area (Å²) < 4.78 is 2.18. The number of aromatic nitrogens is 2. The van der Waals surface area contributed by atoms with E-state index in [4.69, 9.17) is 28.2 Å². The Kier molecular flexibility index (Phi) is 4.94. The van der Waals surface area contributed by atoms with Crippen LogP contribution in [0.5, 0.6) is 0 Å². The van der Waals surface area contributed by atoms with E-state index in [1.54, 1.807) is 6.08 Å². The van der Waals surface area contributed by atoms with E-state index < -0.39 is 0 Å². The van der Waals surface area contributed by atoms with Crippen LogP contribution in [0.2, 0.25) is 10.0 Å². The van der Waals surface area contributed by atoms with Crippen LogP contribution in [0.3, 0.4) is 0 Å². The molecule has 1 aromatic heterocycles. The van der Waals surface area contributed by atoms with Crippen molar-refractivity contribution in [3.05, 3.63) is 76.6 Å². The number of likely N-dealkylation sites (tertiary alicyclic amines) is 1. The van der Waals surface area contributed by atoms with E-state index in [2.05, 4.69) is 17.2 Å². The fraction of sp³-hybridized carbons (Fsp3) is 0.238. The number of amides is 1. The molecule has 1 atom stereocenters. The van der Waals surface area contributed by atoms with Gasteiger partial charge in [0.15, 0.2) is 0 Å². The largest absolute Gasteiger partial charge is 0.338 e. The molecule has 0 saturated carbocycles. The normalized spacial score (nSPS) is 17.0. The van der Waals surface area contributed by atoms with Crippen molar-refractivity contribution in [2.45, 2.75) is 18.9 Å². The van der Waals surface area contributed by atoms with E-state index in [0.717, 1.165) is 22.4 Å². The Balaban J connectivity index is 1.74. The molecule has 1 unspecified atom stereocenters. The highest BCUT2D eigenvalue weighted by atomic mass is 35.5. The molecule has 1 aliphatic rings. The van der Waals surface area contributed by atoms with Crippen LogP contribution in [-0.4, -0.2) is 33.4 Å². The molecule has 2 heterocycles. The smallest absolute Gasteiger partial charge is 0.223 e. The Hall–Kier alpha value is -2.30. The summed E-state index contributed by atoms with van der Waals surface area (Å²) in [5, 5.41) is 1.07. The van der Waals surface area contributed by atoms with Gasteiger partial charge in [-0.2, -0.15) is 0 Å². The zero-order valence-corrected chi connectivity index (χ0v) is 16.2. The number of benzene rings is 2. The SMILES string of the molecule is C=CCN1CC(c2nc3ccccc3n2Cc2ccc(Cl)c(Cl)c2)CC1=O. The Morgan fingerprint density at radius 2 is 2.00 bits per heavy atom. The van der Waals surface area contributed by atoms with E-state index >= 15 is 0 Å². The van der Waals surface area contributed by atoms with E-state index in [-0.39, 0.29) is 11.8 Å². The van der Waals surface area contributed by atoms with E-state index in [0.29, 0.717) is 36.1 Å². The molecular formula is C21H19Cl2N3O. The maximum absolute atomic E-state index is 12.3. The number of carbonyl (C=O) groups excluding carboxylic acids is 1. The van der Waals surface area contributed by atoms with E-state index in [1.807, 2.05) is 41.3 Å². The molecule has 0 N–H and O–H groups in total. The number of rotatable bonds is 5. The lowest BCUT2D eigenvalue weighted by atomic mass is 10.1. The highest BCUT2D eigenvalue weighted by Crippen LogP contribution is 2.31. The average Bonchev–Trinajstić information content (AvgIpc) is 3.20. The average molecular weight is 400 g/mol. The third-order valence-electron chi connectivity index (χ3n) is 4.94. The molecule has 1 fully saturated rings. The van der Waals surface area contributed by atoms with Crippen LogP contribution < -0.4 is 0 Å². The van der Waals surface area contributed by atoms with Gasteiger partial charge in [0.1, 0.15) is 5.82 Å². The number of para-hydroxylation sites is 2. The number of nitrogens with zero attached hydrogens (tertiary/aromatic N) is 3. The first-order valence-electron chi connectivity index (χ1n) is 8.84. The van der Waals surface area contributed by atoms with Crippen molar-refractivity contribution in [2.24, 2.45) is 0 Å². The molecule has 27 heavy (non-hydrogen) atoms. The first-order valence-corrected chi connectivity index (χ1v) is 9.60. The summed E-state index contributed by atoms with van der Waals surface area (Å²) in [7, 11) is 0. The zero-order chi connectivity index (χ0) is 19.0. The highest BCUT2D eigenvalue weighted by Gasteiger charge is 2.33. The van der Waals surface area contributed by atoms with Crippen LogP contribution in [0.25, 0.3) is 11.0 Å². The predicted molar refractivity (Wildman–Crippen MR) is 109 cm³/mol. The van der Waals surface area contributed by atoms with Gasteiger partial charge >= 0.3 is 0 Å². The van der Waals surface area contributed by atoms with Gasteiger partial charge in [0, 0.05) is 32.0 Å². The third kappa shape index (κ3) is 3.47. The molecule has 0 radical (unpaired) electrons. The lowest BCUT2D eigenvalue weighted by molar-refractivity contribution is -0.127. The molecule has 0 spiro atoms. The van der Waals surface area contributed by atoms with Crippen LogP contribution in [0, 0.1) is 0 Å². The summed E-state index contributed by atoms with van der Waals surface area (Å²) in [5.41, 5.74) is 3.02. The van der Waals surface area contributed by atoms with E-state index in [9.17, 15) is 4.79 Å². The molecule has 138 valence electrons. The van der Waals surface area contributed by atoms with Gasteiger partial charge < -0.3 is 9.47 Å². The first-order chi connectivity index (χ1) is 13.1. The number of halogens is 2. The molecule has 1 aliphatic heterocycles. The second-order valence-corrected chi connectivity index (χ2v) is 7.60. The Labute approximate surface area is 168 Å². The molecular weight excluding hydrogens is 381 g/mol. The standard InChI is InChI=1S/C21H19Cl2N3O/c1-2-9-25-13-15(11-20(25)27)21-24-18-5-3-4-6-19(18)26(21)12-14-7-8-16(22)17(23)10-14/h2-8,10,15H,1,9,11-13H2. The van der Waals surface area contributed by atoms with Gasteiger partial charge in [-0.25, -0.2) is 4.98 Å². The van der Waals surface area contributed by atoms with E-state index in [1.165, 1.54) is 0 Å². The number of carbonyl (C=O) groups is 1. The summed E-state index contributed by atoms with van der Waals surface area (Å²) in [6.45, 7) is 5.60. The molecule has 0 aliphatic carbocycles. The van der Waals surface area contributed by atoms with Crippen molar-refractivity contribution in [3.8, 4) is 0 Å². The van der Waals surface area contributed by atoms with Crippen LogP contribution in [0.1, 0.15) is 23.7 Å². The Morgan fingerprint density at radius 1 is 1.19 bits per heavy atom. The Morgan fingerprint density at radius 3 is 2.78 bits per heavy atom. The maximum atomic E-state index is 12.3. The molecule has 6 heteroatoms. The highest BCUT2D eigenvalue weighted by molar-refractivity contribution is 6.42. The topological polar surface area (TPSA) is 38.1 Å². The van der Waals surface area contributed by atoms with Crippen molar-refractivity contribution in [3.63, 3.8) is 0 Å². The lowest BCUT2D eigenvalue weighted by Gasteiger charge is -2.16. The van der Waals surface area contributed by atoms with Crippen LogP contribution in [0.15, 0.2) is 55.1 Å². The van der Waals surface area contributed by atoms with Gasteiger partial charge in [-0.1, -0.05) is 47.5 Å². The Bertz CT molecular complexity index is 1030. The predicted octanol–water partition coefficient (Wildman–Crippen LogP) is 4.89. The monoisotopic (exact) mass is 399 g/mol. The third-order valence-corrected chi connectivity index (χ3v) is 5.68. The molecule has 4 nitrogen and oxygen atoms in total. The number of hydrogen-bond donors (Lipinski definition) is 0. The summed E-state index contributed by atoms with van der Waals surface area (Å²) in [6, 6.07) is 13.7. The minimum Gasteiger partial charge on any atom is -0.338 e. The van der Waals surface area contributed by atoms with Gasteiger partial charge in [-0.05, 0) is 29.8 Å². The fourth-order valence-corrected chi connectivity index (χ4v) is 3.99. The zero-order valence-electron chi connectivity index (χ0n) is 14.7. The van der Waals surface area contributed by atoms with Crippen molar-refractivity contribution in [2.75, 3.05) is 13.1 Å². The lowest BCUT2D eigenvalue weighted by Crippen LogP contribution is -2.25. The van der Waals surface area contributed by atoms with Gasteiger partial charge in [-0.15, -0.1) is 6.58 Å². The van der Waals surface area contributed by atoms with Crippen LogP contribution in [-0.2, 0) is 11.3 Å². The molecule has 1 amide bonds. The second kappa shape index (κ2) is 7.37. The second-order valence-electron chi connectivity index (χ2n) is 6.78. The van der Waals surface area contributed by atoms with Crippen molar-refractivity contribution in [1.82, 2.24) is 14.5 Å². The summed E-state index contributed by atoms with van der Waals surface area (Å²) >= 11 is 12.2. The molecule has 4 rings (SSSR count). The van der Waals surface area contributed by atoms with Crippen LogP contribution >= 0.6 is 23.2 Å². The van der Waals surface area contributed by atoms with Gasteiger partial charge in [-0.3, -0.25) is 4.79 Å². The number of imidazole rings is 1. The quantitative estimate of drug-likeness (QED) is 0.572. The summed E-state index contributed by atoms with van der Waals surface area (Å²) in [4.78, 5) is 19.0.